The molecule has 0 aromatic heterocycles. The van der Waals surface area contributed by atoms with Gasteiger partial charge in [-0.25, -0.2) is 9.18 Å². The van der Waals surface area contributed by atoms with Crippen molar-refractivity contribution in [3.63, 3.8) is 0 Å². The molecule has 0 heterocycles. The molecule has 14 heteroatoms. The lowest BCUT2D eigenvalue weighted by atomic mass is 10.0. The van der Waals surface area contributed by atoms with Crippen LogP contribution in [0.4, 0.5) is 4.39 Å². The number of amides is 3. The van der Waals surface area contributed by atoms with Crippen molar-refractivity contribution in [3.05, 3.63) is 71.5 Å². The molecule has 0 bridgehead atoms. The maximum Gasteiger partial charge on any atom is 0.331 e. The molecule has 3 amide bonds. The van der Waals surface area contributed by atoms with E-state index in [9.17, 15) is 33.8 Å². The van der Waals surface area contributed by atoms with E-state index in [-0.39, 0.29) is 18.9 Å². The number of hydrogen-bond acceptors (Lipinski definition) is 7. The topological polar surface area (TPSA) is 154 Å². The summed E-state index contributed by atoms with van der Waals surface area (Å²) in [4.78, 5) is 49.6. The van der Waals surface area contributed by atoms with Gasteiger partial charge in [0.25, 0.3) is 0 Å². The molecule has 2 aromatic rings. The zero-order valence-electron chi connectivity index (χ0n) is 21.1. The van der Waals surface area contributed by atoms with E-state index in [1.165, 1.54) is 24.3 Å². The molecule has 5 N–H and O–H groups in total. The number of aliphatic hydroxyl groups excluding tert-OH is 2. The number of carbonyl (C=O) groups excluding carboxylic acids is 4. The van der Waals surface area contributed by atoms with Crippen LogP contribution in [0.25, 0.3) is 0 Å². The lowest BCUT2D eigenvalue weighted by Gasteiger charge is -2.25. The SMILES string of the molecule is O=C(N[C@@H](CO)C(=O)N[C@@H](Cc1ccccc1)C(=O)N[C@@H](CO)C(=O)OCCCl)C(Br)C(Br)c1ccc(F)cc1. The van der Waals surface area contributed by atoms with Crippen LogP contribution in [0.1, 0.15) is 16.0 Å². The average Bonchev–Trinajstić information content (AvgIpc) is 2.96. The third-order valence-electron chi connectivity index (χ3n) is 5.53. The van der Waals surface area contributed by atoms with Crippen LogP contribution in [-0.2, 0) is 30.3 Å². The number of carbonyl (C=O) groups is 4. The van der Waals surface area contributed by atoms with Crippen molar-refractivity contribution in [2.75, 3.05) is 25.7 Å². The van der Waals surface area contributed by atoms with Gasteiger partial charge in [0.05, 0.1) is 23.9 Å². The molecule has 2 rings (SSSR count). The van der Waals surface area contributed by atoms with Crippen LogP contribution in [0.15, 0.2) is 54.6 Å². The van der Waals surface area contributed by atoms with Gasteiger partial charge >= 0.3 is 5.97 Å². The highest BCUT2D eigenvalue weighted by Crippen LogP contribution is 2.31. The Morgan fingerprint density at radius 3 is 1.95 bits per heavy atom. The van der Waals surface area contributed by atoms with Crippen LogP contribution < -0.4 is 16.0 Å². The normalized spacial score (nSPS) is 14.7. The van der Waals surface area contributed by atoms with Gasteiger partial charge in [0.15, 0.2) is 6.04 Å². The summed E-state index contributed by atoms with van der Waals surface area (Å²) < 4.78 is 18.1. The molecule has 2 unspecified atom stereocenters. The monoisotopic (exact) mass is 707 g/mol. The Labute approximate surface area is 252 Å². The molecule has 0 saturated carbocycles. The minimum absolute atomic E-state index is 0.00546. The van der Waals surface area contributed by atoms with Crippen LogP contribution >= 0.6 is 43.5 Å². The lowest BCUT2D eigenvalue weighted by molar-refractivity contribution is -0.148. The van der Waals surface area contributed by atoms with E-state index in [1.54, 1.807) is 30.3 Å². The summed E-state index contributed by atoms with van der Waals surface area (Å²) in [5.74, 6) is -3.67. The highest BCUT2D eigenvalue weighted by Gasteiger charge is 2.32. The van der Waals surface area contributed by atoms with Crippen LogP contribution in [-0.4, -0.2) is 82.6 Å². The first kappa shape index (κ1) is 33.6. The number of nitrogens with one attached hydrogen (secondary N) is 3. The van der Waals surface area contributed by atoms with Gasteiger partial charge in [0.2, 0.25) is 17.7 Å². The lowest BCUT2D eigenvalue weighted by Crippen LogP contribution is -2.58. The molecule has 218 valence electrons. The van der Waals surface area contributed by atoms with Gasteiger partial charge in [0.1, 0.15) is 29.3 Å². The summed E-state index contributed by atoms with van der Waals surface area (Å²) in [6.07, 6.45) is -0.00546. The van der Waals surface area contributed by atoms with Gasteiger partial charge in [-0.1, -0.05) is 74.3 Å². The Morgan fingerprint density at radius 2 is 1.38 bits per heavy atom. The van der Waals surface area contributed by atoms with Gasteiger partial charge in [-0.2, -0.15) is 0 Å². The molecule has 0 saturated heterocycles. The first-order chi connectivity index (χ1) is 19.1. The Bertz CT molecular complexity index is 1130. The second-order valence-electron chi connectivity index (χ2n) is 8.45. The first-order valence-electron chi connectivity index (χ1n) is 12.0. The van der Waals surface area contributed by atoms with Crippen LogP contribution in [0.2, 0.25) is 0 Å². The van der Waals surface area contributed by atoms with Gasteiger partial charge in [-0.3, -0.25) is 14.4 Å². The number of halogens is 4. The van der Waals surface area contributed by atoms with E-state index in [4.69, 9.17) is 16.3 Å². The number of ether oxygens (including phenoxy) is 1. The number of aliphatic hydroxyl groups is 2. The summed E-state index contributed by atoms with van der Waals surface area (Å²) in [7, 11) is 0. The standard InChI is InChI=1S/C26H29Br2ClFN3O7/c27-21(16-6-8-17(30)9-7-16)22(28)25(38)32-19(13-34)24(37)31-18(12-15-4-2-1-3-5-15)23(36)33-20(14-35)26(39)40-11-10-29/h1-9,18-22,34-35H,10-14H2,(H,31,37)(H,32,38)(H,33,36)/t18-,19-,20-,21?,22?/m0/s1. The molecule has 0 radical (unpaired) electrons. The van der Waals surface area contributed by atoms with Crippen molar-refractivity contribution in [2.24, 2.45) is 0 Å². The van der Waals surface area contributed by atoms with E-state index in [0.717, 1.165) is 0 Å². The predicted molar refractivity (Wildman–Crippen MR) is 153 cm³/mol. The number of rotatable bonds is 15. The summed E-state index contributed by atoms with van der Waals surface area (Å²) in [6, 6.07) is 10.0. The summed E-state index contributed by atoms with van der Waals surface area (Å²) in [5, 5.41) is 26.7. The van der Waals surface area contributed by atoms with Gasteiger partial charge in [0, 0.05) is 6.42 Å². The first-order valence-corrected chi connectivity index (χ1v) is 14.4. The second-order valence-corrected chi connectivity index (χ2v) is 10.8. The number of benzene rings is 2. The van der Waals surface area contributed by atoms with E-state index < -0.39 is 70.5 Å². The fraction of sp³-hybridized carbons (Fsp3) is 0.385. The van der Waals surface area contributed by atoms with Gasteiger partial charge < -0.3 is 30.9 Å². The maximum atomic E-state index is 13.2. The summed E-state index contributed by atoms with van der Waals surface area (Å²) >= 11 is 12.1. The molecule has 5 atom stereocenters. The molecule has 0 aliphatic carbocycles. The van der Waals surface area contributed by atoms with Gasteiger partial charge in [-0.15, -0.1) is 11.6 Å². The molecule has 10 nitrogen and oxygen atoms in total. The molecule has 0 fully saturated rings. The molecule has 2 aromatic carbocycles. The second kappa shape index (κ2) is 17.3. The van der Waals surface area contributed by atoms with Crippen LogP contribution in [0, 0.1) is 5.82 Å². The largest absolute Gasteiger partial charge is 0.463 e. The van der Waals surface area contributed by atoms with Crippen LogP contribution in [0.3, 0.4) is 0 Å². The quantitative estimate of drug-likeness (QED) is 0.139. The zero-order chi connectivity index (χ0) is 29.7. The Morgan fingerprint density at radius 1 is 0.825 bits per heavy atom. The zero-order valence-corrected chi connectivity index (χ0v) is 25.0. The molecule has 40 heavy (non-hydrogen) atoms. The minimum atomic E-state index is -1.44. The van der Waals surface area contributed by atoms with Crippen molar-refractivity contribution in [3.8, 4) is 0 Å². The minimum Gasteiger partial charge on any atom is -0.463 e. The third-order valence-corrected chi connectivity index (χ3v) is 8.40. The van der Waals surface area contributed by atoms with E-state index in [0.29, 0.717) is 11.1 Å². The number of hydrogen-bond donors (Lipinski definition) is 5. The van der Waals surface area contributed by atoms with Crippen molar-refractivity contribution in [1.82, 2.24) is 16.0 Å². The number of esters is 1. The fourth-order valence-electron chi connectivity index (χ4n) is 3.42. The smallest absolute Gasteiger partial charge is 0.331 e. The summed E-state index contributed by atoms with van der Waals surface area (Å²) in [5.41, 5.74) is 1.26. The highest BCUT2D eigenvalue weighted by atomic mass is 79.9. The fourth-order valence-corrected chi connectivity index (χ4v) is 4.48. The summed E-state index contributed by atoms with van der Waals surface area (Å²) in [6.45, 7) is -1.67. The Balaban J connectivity index is 2.14. The van der Waals surface area contributed by atoms with Crippen molar-refractivity contribution in [2.45, 2.75) is 34.2 Å². The molecular formula is C26H29Br2ClFN3O7. The average molecular weight is 710 g/mol. The van der Waals surface area contributed by atoms with E-state index in [2.05, 4.69) is 47.8 Å². The number of alkyl halides is 3. The molecule has 0 spiro atoms. The molecule has 0 aliphatic rings. The van der Waals surface area contributed by atoms with E-state index in [1.807, 2.05) is 0 Å². The van der Waals surface area contributed by atoms with Crippen molar-refractivity contribution in [1.29, 1.82) is 0 Å². The van der Waals surface area contributed by atoms with Crippen molar-refractivity contribution < 1.29 is 38.5 Å². The van der Waals surface area contributed by atoms with E-state index >= 15 is 0 Å². The molecule has 0 aliphatic heterocycles. The highest BCUT2D eigenvalue weighted by molar-refractivity contribution is 9.12. The van der Waals surface area contributed by atoms with Crippen LogP contribution in [0.5, 0.6) is 0 Å². The predicted octanol–water partition coefficient (Wildman–Crippen LogP) is 1.49. The third kappa shape index (κ3) is 10.4. The molecular weight excluding hydrogens is 681 g/mol. The maximum absolute atomic E-state index is 13.2. The Hall–Kier alpha value is -2.58. The Kier molecular flexibility index (Phi) is 14.5. The van der Waals surface area contributed by atoms with Crippen molar-refractivity contribution >= 4 is 67.2 Å². The van der Waals surface area contributed by atoms with Gasteiger partial charge in [-0.05, 0) is 23.3 Å².